The SMILES string of the molecule is C[C@@H](C(=O)N1CCC[C@@H]1c1nc2ccccc2[nH]1)n1ncc2ccccc2c1=O. The van der Waals surface area contributed by atoms with E-state index in [2.05, 4.69) is 15.1 Å². The molecule has 1 amide bonds. The molecule has 1 fully saturated rings. The van der Waals surface area contributed by atoms with Gasteiger partial charge in [0.05, 0.1) is 28.7 Å². The van der Waals surface area contributed by atoms with E-state index in [4.69, 9.17) is 0 Å². The number of rotatable bonds is 3. The van der Waals surface area contributed by atoms with Gasteiger partial charge in [-0.3, -0.25) is 9.59 Å². The lowest BCUT2D eigenvalue weighted by atomic mass is 10.2. The number of imidazole rings is 1. The highest BCUT2D eigenvalue weighted by atomic mass is 16.2. The fourth-order valence-corrected chi connectivity index (χ4v) is 4.17. The highest BCUT2D eigenvalue weighted by Crippen LogP contribution is 2.33. The van der Waals surface area contributed by atoms with Gasteiger partial charge in [0.1, 0.15) is 11.9 Å². The lowest BCUT2D eigenvalue weighted by Gasteiger charge is -2.26. The molecule has 0 aliphatic carbocycles. The number of fused-ring (bicyclic) bond motifs is 2. The smallest absolute Gasteiger partial charge is 0.275 e. The van der Waals surface area contributed by atoms with E-state index in [9.17, 15) is 9.59 Å². The summed E-state index contributed by atoms with van der Waals surface area (Å²) in [7, 11) is 0. The molecule has 5 rings (SSSR count). The fraction of sp³-hybridized carbons (Fsp3) is 0.273. The Kier molecular flexibility index (Phi) is 4.16. The van der Waals surface area contributed by atoms with Gasteiger partial charge in [-0.05, 0) is 38.0 Å². The first kappa shape index (κ1) is 17.6. The lowest BCUT2D eigenvalue weighted by Crippen LogP contribution is -2.40. The molecule has 0 spiro atoms. The summed E-state index contributed by atoms with van der Waals surface area (Å²) in [6, 6.07) is 14.3. The van der Waals surface area contributed by atoms with Crippen molar-refractivity contribution in [3.05, 3.63) is 70.9 Å². The zero-order valence-corrected chi connectivity index (χ0v) is 16.1. The minimum atomic E-state index is -0.683. The Morgan fingerprint density at radius 2 is 1.97 bits per heavy atom. The molecule has 0 saturated carbocycles. The van der Waals surface area contributed by atoms with E-state index in [0.717, 1.165) is 35.1 Å². The van der Waals surface area contributed by atoms with E-state index in [-0.39, 0.29) is 17.5 Å². The van der Waals surface area contributed by atoms with Crippen LogP contribution in [-0.4, -0.2) is 37.1 Å². The molecule has 7 heteroatoms. The standard InChI is InChI=1S/C22H21N5O2/c1-14(27-22(29)16-8-3-2-7-15(16)13-23-27)21(28)26-12-6-11-19(26)20-24-17-9-4-5-10-18(17)25-20/h2-5,7-10,13-14,19H,6,11-12H2,1H3,(H,24,25)/t14-,19+/m0/s1. The Balaban J connectivity index is 1.47. The van der Waals surface area contributed by atoms with Crippen LogP contribution < -0.4 is 5.56 Å². The summed E-state index contributed by atoms with van der Waals surface area (Å²) in [5, 5.41) is 5.60. The molecular formula is C22H21N5O2. The molecule has 3 heterocycles. The highest BCUT2D eigenvalue weighted by Gasteiger charge is 2.35. The van der Waals surface area contributed by atoms with Gasteiger partial charge < -0.3 is 9.88 Å². The van der Waals surface area contributed by atoms with Crippen molar-refractivity contribution in [3.63, 3.8) is 0 Å². The first-order valence-electron chi connectivity index (χ1n) is 9.85. The number of nitrogens with one attached hydrogen (secondary N) is 1. The van der Waals surface area contributed by atoms with Crippen molar-refractivity contribution < 1.29 is 4.79 Å². The van der Waals surface area contributed by atoms with E-state index in [1.165, 1.54) is 4.68 Å². The molecule has 7 nitrogen and oxygen atoms in total. The number of carbonyl (C=O) groups is 1. The summed E-state index contributed by atoms with van der Waals surface area (Å²) in [4.78, 5) is 36.0. The van der Waals surface area contributed by atoms with Gasteiger partial charge in [-0.2, -0.15) is 5.10 Å². The second-order valence-corrected chi connectivity index (χ2v) is 7.49. The highest BCUT2D eigenvalue weighted by molar-refractivity contribution is 5.83. The maximum absolute atomic E-state index is 13.3. The van der Waals surface area contributed by atoms with E-state index < -0.39 is 6.04 Å². The number of hydrogen-bond donors (Lipinski definition) is 1. The predicted octanol–water partition coefficient (Wildman–Crippen LogP) is 3.20. The van der Waals surface area contributed by atoms with Crippen LogP contribution in [0.4, 0.5) is 0 Å². The van der Waals surface area contributed by atoms with Gasteiger partial charge in [0.15, 0.2) is 0 Å². The fourth-order valence-electron chi connectivity index (χ4n) is 4.17. The zero-order chi connectivity index (χ0) is 20.0. The number of para-hydroxylation sites is 2. The first-order valence-corrected chi connectivity index (χ1v) is 9.85. The summed E-state index contributed by atoms with van der Waals surface area (Å²) in [5.74, 6) is 0.681. The van der Waals surface area contributed by atoms with Crippen LogP contribution >= 0.6 is 0 Å². The molecule has 0 unspecified atom stereocenters. The zero-order valence-electron chi connectivity index (χ0n) is 16.1. The molecule has 0 radical (unpaired) electrons. The van der Waals surface area contributed by atoms with Crippen LogP contribution in [0.25, 0.3) is 21.8 Å². The lowest BCUT2D eigenvalue weighted by molar-refractivity contribution is -0.135. The summed E-state index contributed by atoms with van der Waals surface area (Å²) in [6.45, 7) is 2.38. The molecule has 146 valence electrons. The molecular weight excluding hydrogens is 366 g/mol. The van der Waals surface area contributed by atoms with Gasteiger partial charge in [0.2, 0.25) is 5.91 Å². The van der Waals surface area contributed by atoms with Crippen molar-refractivity contribution in [1.29, 1.82) is 0 Å². The van der Waals surface area contributed by atoms with Crippen LogP contribution in [0.2, 0.25) is 0 Å². The Hall–Kier alpha value is -3.48. The second kappa shape index (κ2) is 6.84. The number of likely N-dealkylation sites (tertiary alicyclic amines) is 1. The predicted molar refractivity (Wildman–Crippen MR) is 110 cm³/mol. The largest absolute Gasteiger partial charge is 0.340 e. The van der Waals surface area contributed by atoms with Gasteiger partial charge in [-0.25, -0.2) is 9.67 Å². The van der Waals surface area contributed by atoms with E-state index >= 15 is 0 Å². The van der Waals surface area contributed by atoms with Gasteiger partial charge in [-0.1, -0.05) is 30.3 Å². The Labute approximate surface area is 167 Å². The summed E-state index contributed by atoms with van der Waals surface area (Å²) >= 11 is 0. The Morgan fingerprint density at radius 3 is 2.83 bits per heavy atom. The summed E-state index contributed by atoms with van der Waals surface area (Å²) < 4.78 is 1.29. The van der Waals surface area contributed by atoms with E-state index in [0.29, 0.717) is 11.9 Å². The summed E-state index contributed by atoms with van der Waals surface area (Å²) in [5.41, 5.74) is 1.60. The van der Waals surface area contributed by atoms with Crippen LogP contribution in [-0.2, 0) is 4.79 Å². The van der Waals surface area contributed by atoms with Gasteiger partial charge in [-0.15, -0.1) is 0 Å². The first-order chi connectivity index (χ1) is 14.1. The number of hydrogen-bond acceptors (Lipinski definition) is 4. The van der Waals surface area contributed by atoms with Crippen LogP contribution in [0.15, 0.2) is 59.5 Å². The van der Waals surface area contributed by atoms with Crippen LogP contribution in [0.1, 0.15) is 37.7 Å². The summed E-state index contributed by atoms with van der Waals surface area (Å²) in [6.07, 6.45) is 3.39. The Morgan fingerprint density at radius 1 is 1.17 bits per heavy atom. The molecule has 2 aromatic carbocycles. The minimum Gasteiger partial charge on any atom is -0.340 e. The minimum absolute atomic E-state index is 0.113. The maximum Gasteiger partial charge on any atom is 0.275 e. The normalized spacial score (nSPS) is 17.8. The average molecular weight is 387 g/mol. The van der Waals surface area contributed by atoms with Crippen molar-refractivity contribution in [2.45, 2.75) is 31.8 Å². The van der Waals surface area contributed by atoms with Gasteiger partial charge in [0, 0.05) is 11.9 Å². The topological polar surface area (TPSA) is 83.9 Å². The van der Waals surface area contributed by atoms with Crippen molar-refractivity contribution in [2.24, 2.45) is 0 Å². The molecule has 29 heavy (non-hydrogen) atoms. The van der Waals surface area contributed by atoms with Gasteiger partial charge in [0.25, 0.3) is 5.56 Å². The molecule has 1 aliphatic heterocycles. The maximum atomic E-state index is 13.3. The quantitative estimate of drug-likeness (QED) is 0.585. The average Bonchev–Trinajstić information content (AvgIpc) is 3.40. The third-order valence-corrected chi connectivity index (χ3v) is 5.70. The van der Waals surface area contributed by atoms with Crippen LogP contribution in [0.3, 0.4) is 0 Å². The monoisotopic (exact) mass is 387 g/mol. The number of H-pyrrole nitrogens is 1. The van der Waals surface area contributed by atoms with E-state index in [1.54, 1.807) is 19.2 Å². The van der Waals surface area contributed by atoms with Crippen molar-refractivity contribution in [1.82, 2.24) is 24.6 Å². The van der Waals surface area contributed by atoms with Crippen molar-refractivity contribution in [2.75, 3.05) is 6.54 Å². The Bertz CT molecular complexity index is 1240. The number of nitrogens with zero attached hydrogens (tertiary/aromatic N) is 4. The third kappa shape index (κ3) is 2.90. The van der Waals surface area contributed by atoms with Crippen molar-refractivity contribution in [3.8, 4) is 0 Å². The molecule has 2 aromatic heterocycles. The number of amides is 1. The molecule has 1 saturated heterocycles. The number of aromatic nitrogens is 4. The third-order valence-electron chi connectivity index (χ3n) is 5.70. The molecule has 1 aliphatic rings. The molecule has 4 aromatic rings. The van der Waals surface area contributed by atoms with E-state index in [1.807, 2.05) is 47.4 Å². The number of benzene rings is 2. The van der Waals surface area contributed by atoms with Crippen molar-refractivity contribution >= 4 is 27.7 Å². The molecule has 2 atom stereocenters. The number of carbonyl (C=O) groups excluding carboxylic acids is 1. The number of aromatic amines is 1. The van der Waals surface area contributed by atoms with Gasteiger partial charge >= 0.3 is 0 Å². The van der Waals surface area contributed by atoms with Crippen LogP contribution in [0, 0.1) is 0 Å². The molecule has 0 bridgehead atoms. The van der Waals surface area contributed by atoms with Crippen LogP contribution in [0.5, 0.6) is 0 Å². The molecule has 1 N–H and O–H groups in total. The second-order valence-electron chi connectivity index (χ2n) is 7.49.